The van der Waals surface area contributed by atoms with Crippen LogP contribution in [0.1, 0.15) is 12.0 Å². The molecule has 1 heterocycles. The van der Waals surface area contributed by atoms with Gasteiger partial charge in [-0.2, -0.15) is 0 Å². The minimum atomic E-state index is -0.153. The Balaban J connectivity index is 1.90. The van der Waals surface area contributed by atoms with Crippen molar-refractivity contribution in [2.45, 2.75) is 13.0 Å². The van der Waals surface area contributed by atoms with E-state index in [-0.39, 0.29) is 5.91 Å². The second-order valence-electron chi connectivity index (χ2n) is 5.24. The van der Waals surface area contributed by atoms with E-state index in [2.05, 4.69) is 10.3 Å². The van der Waals surface area contributed by atoms with Gasteiger partial charge in [0.25, 0.3) is 0 Å². The number of aromatic nitrogens is 2. The zero-order valence-electron chi connectivity index (χ0n) is 14.7. The van der Waals surface area contributed by atoms with Crippen LogP contribution in [0.4, 0.5) is 0 Å². The van der Waals surface area contributed by atoms with Crippen molar-refractivity contribution < 1.29 is 19.0 Å². The highest BCUT2D eigenvalue weighted by molar-refractivity contribution is 5.91. The molecule has 0 spiro atoms. The highest BCUT2D eigenvalue weighted by Gasteiger charge is 2.12. The number of benzene rings is 1. The number of methoxy groups -OCH3 is 3. The summed E-state index contributed by atoms with van der Waals surface area (Å²) in [4.78, 5) is 15.9. The van der Waals surface area contributed by atoms with Gasteiger partial charge in [-0.05, 0) is 30.2 Å². The van der Waals surface area contributed by atoms with Crippen molar-refractivity contribution in [2.24, 2.45) is 0 Å². The Kier molecular flexibility index (Phi) is 6.88. The summed E-state index contributed by atoms with van der Waals surface area (Å²) in [7, 11) is 4.66. The van der Waals surface area contributed by atoms with Gasteiger partial charge in [0.05, 0.1) is 27.7 Å². The Morgan fingerprint density at radius 2 is 1.92 bits per heavy atom. The minimum Gasteiger partial charge on any atom is -0.493 e. The summed E-state index contributed by atoms with van der Waals surface area (Å²) in [5.41, 5.74) is 0.781. The number of ether oxygens (including phenoxy) is 3. The number of carbonyl (C=O) groups excluding carboxylic acids is 1. The fraction of sp³-hybridized carbons (Fsp3) is 0.333. The first-order valence-electron chi connectivity index (χ1n) is 7.89. The van der Waals surface area contributed by atoms with Crippen molar-refractivity contribution in [3.63, 3.8) is 0 Å². The highest BCUT2D eigenvalue weighted by atomic mass is 16.5. The number of amides is 1. The number of nitrogens with zero attached hydrogens (tertiary/aromatic N) is 2. The molecule has 134 valence electrons. The highest BCUT2D eigenvalue weighted by Crippen LogP contribution is 2.38. The van der Waals surface area contributed by atoms with E-state index in [4.69, 9.17) is 14.2 Å². The lowest BCUT2D eigenvalue weighted by molar-refractivity contribution is -0.116. The van der Waals surface area contributed by atoms with E-state index in [1.165, 1.54) is 6.08 Å². The van der Waals surface area contributed by atoms with Crippen molar-refractivity contribution in [3.05, 3.63) is 42.5 Å². The lowest BCUT2D eigenvalue weighted by Gasteiger charge is -2.12. The molecule has 0 saturated heterocycles. The van der Waals surface area contributed by atoms with Gasteiger partial charge in [-0.3, -0.25) is 4.79 Å². The van der Waals surface area contributed by atoms with Crippen molar-refractivity contribution in [3.8, 4) is 17.2 Å². The second kappa shape index (κ2) is 9.36. The van der Waals surface area contributed by atoms with Gasteiger partial charge < -0.3 is 24.1 Å². The molecule has 1 aromatic carbocycles. The van der Waals surface area contributed by atoms with Gasteiger partial charge in [0.2, 0.25) is 11.7 Å². The Morgan fingerprint density at radius 3 is 2.48 bits per heavy atom. The molecule has 1 N–H and O–H groups in total. The Labute approximate surface area is 147 Å². The summed E-state index contributed by atoms with van der Waals surface area (Å²) in [6.07, 6.45) is 9.41. The van der Waals surface area contributed by atoms with E-state index < -0.39 is 0 Å². The number of nitrogens with one attached hydrogen (secondary N) is 1. The third-order valence-electron chi connectivity index (χ3n) is 3.57. The normalized spacial score (nSPS) is 10.7. The Bertz CT molecular complexity index is 686. The van der Waals surface area contributed by atoms with Crippen LogP contribution in [0, 0.1) is 0 Å². The smallest absolute Gasteiger partial charge is 0.244 e. The molecule has 25 heavy (non-hydrogen) atoms. The zero-order valence-corrected chi connectivity index (χ0v) is 14.7. The molecule has 0 unspecified atom stereocenters. The first-order chi connectivity index (χ1) is 12.2. The lowest BCUT2D eigenvalue weighted by atomic mass is 10.1. The Morgan fingerprint density at radius 1 is 1.20 bits per heavy atom. The zero-order chi connectivity index (χ0) is 18.1. The minimum absolute atomic E-state index is 0.153. The van der Waals surface area contributed by atoms with Crippen LogP contribution in [0.25, 0.3) is 6.08 Å². The van der Waals surface area contributed by atoms with E-state index in [0.717, 1.165) is 18.5 Å². The maximum Gasteiger partial charge on any atom is 0.244 e. The van der Waals surface area contributed by atoms with Gasteiger partial charge in [0.15, 0.2) is 11.5 Å². The molecule has 0 saturated carbocycles. The largest absolute Gasteiger partial charge is 0.493 e. The Hall–Kier alpha value is -2.96. The molecule has 0 bridgehead atoms. The fourth-order valence-electron chi connectivity index (χ4n) is 2.32. The standard InChI is InChI=1S/C18H23N3O4/c1-23-15-11-14(12-16(24-2)18(15)25-3)5-6-17(22)20-7-4-9-21-10-8-19-13-21/h5-6,8,10-13H,4,7,9H2,1-3H3,(H,20,22). The molecule has 0 fully saturated rings. The molecule has 0 aliphatic carbocycles. The van der Waals surface area contributed by atoms with Crippen molar-refractivity contribution in [1.29, 1.82) is 0 Å². The van der Waals surface area contributed by atoms with Crippen molar-refractivity contribution in [1.82, 2.24) is 14.9 Å². The van der Waals surface area contributed by atoms with Crippen LogP contribution < -0.4 is 19.5 Å². The van der Waals surface area contributed by atoms with Crippen molar-refractivity contribution in [2.75, 3.05) is 27.9 Å². The van der Waals surface area contributed by atoms with Gasteiger partial charge in [-0.25, -0.2) is 4.98 Å². The van der Waals surface area contributed by atoms with Crippen LogP contribution in [-0.2, 0) is 11.3 Å². The predicted octanol–water partition coefficient (Wildman–Crippen LogP) is 2.13. The van der Waals surface area contributed by atoms with E-state index in [9.17, 15) is 4.79 Å². The van der Waals surface area contributed by atoms with Crippen LogP contribution in [0.3, 0.4) is 0 Å². The monoisotopic (exact) mass is 345 g/mol. The summed E-state index contributed by atoms with van der Waals surface area (Å²) in [5.74, 6) is 1.45. The molecule has 7 nitrogen and oxygen atoms in total. The topological polar surface area (TPSA) is 74.6 Å². The third kappa shape index (κ3) is 5.27. The van der Waals surface area contributed by atoms with E-state index >= 15 is 0 Å². The number of carbonyl (C=O) groups is 1. The SMILES string of the molecule is COc1cc(C=CC(=O)NCCCn2ccnc2)cc(OC)c1OC. The fourth-order valence-corrected chi connectivity index (χ4v) is 2.32. The number of rotatable bonds is 9. The number of imidazole rings is 1. The average molecular weight is 345 g/mol. The maximum atomic E-state index is 11.9. The maximum absolute atomic E-state index is 11.9. The molecule has 0 aliphatic rings. The summed E-state index contributed by atoms with van der Waals surface area (Å²) in [5, 5.41) is 2.85. The first-order valence-corrected chi connectivity index (χ1v) is 7.89. The molecule has 0 aliphatic heterocycles. The van der Waals surface area contributed by atoms with E-state index in [1.807, 2.05) is 10.8 Å². The van der Waals surface area contributed by atoms with Gasteiger partial charge >= 0.3 is 0 Å². The van der Waals surface area contributed by atoms with Gasteiger partial charge in [0, 0.05) is 31.6 Å². The summed E-state index contributed by atoms with van der Waals surface area (Å²) >= 11 is 0. The van der Waals surface area contributed by atoms with Crippen LogP contribution in [0.15, 0.2) is 36.9 Å². The molecule has 0 radical (unpaired) electrons. The van der Waals surface area contributed by atoms with Gasteiger partial charge in [0.1, 0.15) is 0 Å². The van der Waals surface area contributed by atoms with Gasteiger partial charge in [-0.15, -0.1) is 0 Å². The molecular formula is C18H23N3O4. The average Bonchev–Trinajstić information content (AvgIpc) is 3.15. The van der Waals surface area contributed by atoms with E-state index in [0.29, 0.717) is 23.8 Å². The molecule has 0 atom stereocenters. The predicted molar refractivity (Wildman–Crippen MR) is 95.0 cm³/mol. The van der Waals surface area contributed by atoms with Gasteiger partial charge in [-0.1, -0.05) is 0 Å². The van der Waals surface area contributed by atoms with E-state index in [1.54, 1.807) is 52.1 Å². The summed E-state index contributed by atoms with van der Waals surface area (Å²) in [6, 6.07) is 3.56. The summed E-state index contributed by atoms with van der Waals surface area (Å²) in [6.45, 7) is 1.41. The van der Waals surface area contributed by atoms with Crippen molar-refractivity contribution >= 4 is 12.0 Å². The number of aryl methyl sites for hydroxylation is 1. The molecule has 1 aromatic heterocycles. The third-order valence-corrected chi connectivity index (χ3v) is 3.57. The summed E-state index contributed by atoms with van der Waals surface area (Å²) < 4.78 is 17.8. The first kappa shape index (κ1) is 18.4. The second-order valence-corrected chi connectivity index (χ2v) is 5.24. The van der Waals surface area contributed by atoms with Crippen LogP contribution in [0.5, 0.6) is 17.2 Å². The van der Waals surface area contributed by atoms with Crippen LogP contribution in [0.2, 0.25) is 0 Å². The number of hydrogen-bond acceptors (Lipinski definition) is 5. The molecule has 2 aromatic rings. The molecular weight excluding hydrogens is 322 g/mol. The number of hydrogen-bond donors (Lipinski definition) is 1. The van der Waals surface area contributed by atoms with Crippen LogP contribution >= 0.6 is 0 Å². The van der Waals surface area contributed by atoms with Crippen LogP contribution in [-0.4, -0.2) is 43.3 Å². The molecule has 1 amide bonds. The quantitative estimate of drug-likeness (QED) is 0.557. The lowest BCUT2D eigenvalue weighted by Crippen LogP contribution is -2.22. The molecule has 7 heteroatoms. The molecule has 2 rings (SSSR count).